The second kappa shape index (κ2) is 14.5. The Kier molecular flexibility index (Phi) is 10.6. The van der Waals surface area contributed by atoms with Gasteiger partial charge in [-0.2, -0.15) is 0 Å². The van der Waals surface area contributed by atoms with Crippen LogP contribution < -0.4 is 21.7 Å². The minimum Gasteiger partial charge on any atom is -0.446 e. The lowest BCUT2D eigenvalue weighted by atomic mass is 10.0. The molecule has 0 fully saturated rings. The molecule has 0 saturated carbocycles. The molecule has 0 saturated heterocycles. The lowest BCUT2D eigenvalue weighted by Crippen LogP contribution is -2.46. The molecule has 2 aromatic heterocycles. The maximum atomic E-state index is 13.3. The zero-order valence-electron chi connectivity index (χ0n) is 23.7. The van der Waals surface area contributed by atoms with Crippen molar-refractivity contribution < 1.29 is 33.1 Å². The molecule has 4 rings (SSSR count). The first kappa shape index (κ1) is 31.3. The van der Waals surface area contributed by atoms with Gasteiger partial charge in [-0.05, 0) is 11.5 Å². The van der Waals surface area contributed by atoms with E-state index in [1.807, 2.05) is 44.2 Å². The van der Waals surface area contributed by atoms with Gasteiger partial charge in [0.2, 0.25) is 23.6 Å². The van der Waals surface area contributed by atoms with Crippen molar-refractivity contribution in [3.05, 3.63) is 69.8 Å². The van der Waals surface area contributed by atoms with E-state index in [1.54, 1.807) is 5.38 Å². The Morgan fingerprint density at radius 3 is 2.58 bits per heavy atom. The summed E-state index contributed by atoms with van der Waals surface area (Å²) in [5, 5.41) is 10.6. The molecule has 0 radical (unpaired) electrons. The van der Waals surface area contributed by atoms with Gasteiger partial charge in [-0.1, -0.05) is 44.2 Å². The highest BCUT2D eigenvalue weighted by Gasteiger charge is 2.28. The standard InChI is InChI=1S/C28H33N7O7S/c1-16(2)24-28-33-20(15-43-28)26(40)31-18(10-17-6-4-3-5-7-17)27-32-19(12-42-27)25(39)30-8-9-35(11-22(37)34-24)23(38)14-41-13-21(29)36/h3-7,12,15-16,18,24H,8-11,13-14H2,1-2H3,(H2,29,36)(H,30,39)(H,31,40)(H,34,37)/t18-,24-/m0/s1. The van der Waals surface area contributed by atoms with Crippen LogP contribution in [-0.4, -0.2) is 77.3 Å². The molecule has 228 valence electrons. The summed E-state index contributed by atoms with van der Waals surface area (Å²) in [6.45, 7) is 2.42. The molecule has 4 bridgehead atoms. The highest BCUT2D eigenvalue weighted by Crippen LogP contribution is 2.26. The molecule has 1 aliphatic rings. The van der Waals surface area contributed by atoms with Crippen LogP contribution in [-0.2, 0) is 25.5 Å². The van der Waals surface area contributed by atoms with Crippen LogP contribution in [0.1, 0.15) is 63.4 Å². The number of nitrogens with two attached hydrogens (primary N) is 1. The van der Waals surface area contributed by atoms with Gasteiger partial charge in [-0.15, -0.1) is 11.3 Å². The molecule has 1 aromatic carbocycles. The Hall–Kier alpha value is -4.63. The first-order chi connectivity index (χ1) is 20.6. The Bertz CT molecular complexity index is 1460. The number of carbonyl (C=O) groups is 5. The van der Waals surface area contributed by atoms with E-state index in [4.69, 9.17) is 14.9 Å². The normalized spacial score (nSPS) is 18.3. The van der Waals surface area contributed by atoms with E-state index in [1.165, 1.54) is 22.5 Å². The van der Waals surface area contributed by atoms with Gasteiger partial charge >= 0.3 is 0 Å². The summed E-state index contributed by atoms with van der Waals surface area (Å²) >= 11 is 1.22. The smallest absolute Gasteiger partial charge is 0.273 e. The van der Waals surface area contributed by atoms with Gasteiger partial charge in [0.15, 0.2) is 5.69 Å². The minimum atomic E-state index is -0.744. The van der Waals surface area contributed by atoms with Crippen LogP contribution in [0, 0.1) is 5.92 Å². The minimum absolute atomic E-state index is 0.0243. The lowest BCUT2D eigenvalue weighted by molar-refractivity contribution is -0.141. The molecular formula is C28H33N7O7S. The Morgan fingerprint density at radius 2 is 1.86 bits per heavy atom. The number of carbonyl (C=O) groups excluding carboxylic acids is 5. The van der Waals surface area contributed by atoms with Gasteiger partial charge in [0.05, 0.1) is 12.6 Å². The molecule has 0 spiro atoms. The number of aromatic nitrogens is 2. The Labute approximate surface area is 251 Å². The number of nitrogens with zero attached hydrogens (tertiary/aromatic N) is 3. The number of fused-ring (bicyclic) bond motifs is 4. The van der Waals surface area contributed by atoms with E-state index in [9.17, 15) is 24.0 Å². The highest BCUT2D eigenvalue weighted by atomic mass is 32.1. The molecule has 5 amide bonds. The van der Waals surface area contributed by atoms with Crippen LogP contribution in [0.2, 0.25) is 0 Å². The third-order valence-corrected chi connectivity index (χ3v) is 7.40. The average Bonchev–Trinajstić information content (AvgIpc) is 3.66. The Morgan fingerprint density at radius 1 is 1.09 bits per heavy atom. The van der Waals surface area contributed by atoms with Crippen molar-refractivity contribution in [1.82, 2.24) is 30.8 Å². The van der Waals surface area contributed by atoms with Gasteiger partial charge in [0.1, 0.15) is 36.2 Å². The fourth-order valence-electron chi connectivity index (χ4n) is 4.29. The van der Waals surface area contributed by atoms with Crippen molar-refractivity contribution >= 4 is 40.9 Å². The van der Waals surface area contributed by atoms with Gasteiger partial charge in [-0.3, -0.25) is 24.0 Å². The molecule has 2 atom stereocenters. The van der Waals surface area contributed by atoms with E-state index in [-0.39, 0.29) is 42.8 Å². The van der Waals surface area contributed by atoms with Gasteiger partial charge < -0.3 is 35.7 Å². The summed E-state index contributed by atoms with van der Waals surface area (Å²) < 4.78 is 10.7. The van der Waals surface area contributed by atoms with Crippen LogP contribution in [0.3, 0.4) is 0 Å². The summed E-state index contributed by atoms with van der Waals surface area (Å²) in [6.07, 6.45) is 1.52. The number of hydrogen-bond donors (Lipinski definition) is 4. The summed E-state index contributed by atoms with van der Waals surface area (Å²) in [4.78, 5) is 73.2. The maximum absolute atomic E-state index is 13.3. The second-order valence-electron chi connectivity index (χ2n) is 10.2. The zero-order valence-corrected chi connectivity index (χ0v) is 24.5. The topological polar surface area (TPSA) is 199 Å². The monoisotopic (exact) mass is 611 g/mol. The Balaban J connectivity index is 1.63. The number of oxazole rings is 1. The average molecular weight is 612 g/mol. The molecule has 1 aliphatic heterocycles. The van der Waals surface area contributed by atoms with Crippen LogP contribution in [0.15, 0.2) is 46.4 Å². The van der Waals surface area contributed by atoms with Crippen molar-refractivity contribution in [2.24, 2.45) is 11.7 Å². The number of benzene rings is 1. The van der Waals surface area contributed by atoms with Gasteiger partial charge in [0.25, 0.3) is 11.8 Å². The summed E-state index contributed by atoms with van der Waals surface area (Å²) in [7, 11) is 0. The third kappa shape index (κ3) is 8.68. The van der Waals surface area contributed by atoms with Crippen LogP contribution in [0.4, 0.5) is 0 Å². The summed E-state index contributed by atoms with van der Waals surface area (Å²) in [5.74, 6) is -2.83. The maximum Gasteiger partial charge on any atom is 0.273 e. The van der Waals surface area contributed by atoms with Gasteiger partial charge in [0, 0.05) is 24.9 Å². The molecule has 14 nitrogen and oxygen atoms in total. The van der Waals surface area contributed by atoms with Crippen molar-refractivity contribution in [1.29, 1.82) is 0 Å². The molecule has 3 heterocycles. The first-order valence-corrected chi connectivity index (χ1v) is 14.5. The number of nitrogens with one attached hydrogen (secondary N) is 3. The van der Waals surface area contributed by atoms with E-state index in [0.29, 0.717) is 11.4 Å². The fraction of sp³-hybridized carbons (Fsp3) is 0.393. The quantitative estimate of drug-likeness (QED) is 0.297. The largest absolute Gasteiger partial charge is 0.446 e. The van der Waals surface area contributed by atoms with Crippen molar-refractivity contribution in [2.45, 2.75) is 32.4 Å². The fourth-order valence-corrected chi connectivity index (χ4v) is 5.31. The predicted molar refractivity (Wildman–Crippen MR) is 154 cm³/mol. The number of amides is 5. The predicted octanol–water partition coefficient (Wildman–Crippen LogP) is 0.732. The molecule has 43 heavy (non-hydrogen) atoms. The van der Waals surface area contributed by atoms with E-state index >= 15 is 0 Å². The van der Waals surface area contributed by atoms with Crippen LogP contribution >= 0.6 is 11.3 Å². The van der Waals surface area contributed by atoms with Crippen molar-refractivity contribution in [2.75, 3.05) is 32.8 Å². The van der Waals surface area contributed by atoms with E-state index in [2.05, 4.69) is 25.9 Å². The van der Waals surface area contributed by atoms with Crippen molar-refractivity contribution in [3.8, 4) is 0 Å². The number of hydrogen-bond acceptors (Lipinski definition) is 10. The highest BCUT2D eigenvalue weighted by molar-refractivity contribution is 7.09. The SMILES string of the molecule is CC(C)[C@@H]1NC(=O)CN(C(=O)COCC(N)=O)CCNC(=O)c2coc(n2)[C@H](Cc2ccccc2)NC(=O)c2csc1n2. The second-order valence-corrected chi connectivity index (χ2v) is 11.1. The molecular weight excluding hydrogens is 578 g/mol. The number of thiazole rings is 1. The van der Waals surface area contributed by atoms with Crippen molar-refractivity contribution in [3.63, 3.8) is 0 Å². The number of rotatable bonds is 7. The molecule has 0 unspecified atom stereocenters. The lowest BCUT2D eigenvalue weighted by Gasteiger charge is -2.25. The van der Waals surface area contributed by atoms with E-state index in [0.717, 1.165) is 5.56 Å². The molecule has 3 aromatic rings. The zero-order chi connectivity index (χ0) is 30.9. The molecule has 15 heteroatoms. The summed E-state index contributed by atoms with van der Waals surface area (Å²) in [5.41, 5.74) is 6.10. The van der Waals surface area contributed by atoms with Crippen LogP contribution in [0.5, 0.6) is 0 Å². The first-order valence-electron chi connectivity index (χ1n) is 13.6. The van der Waals surface area contributed by atoms with Gasteiger partial charge in [-0.25, -0.2) is 9.97 Å². The summed E-state index contributed by atoms with van der Waals surface area (Å²) in [6, 6.07) is 8.16. The van der Waals surface area contributed by atoms with Crippen LogP contribution in [0.25, 0.3) is 0 Å². The molecule has 0 aliphatic carbocycles. The van der Waals surface area contributed by atoms with E-state index < -0.39 is 54.8 Å². The number of ether oxygens (including phenoxy) is 1. The number of primary amides is 1. The molecule has 5 N–H and O–H groups in total. The third-order valence-electron chi connectivity index (χ3n) is 6.47.